The van der Waals surface area contributed by atoms with Crippen LogP contribution in [0.25, 0.3) is 0 Å². The summed E-state index contributed by atoms with van der Waals surface area (Å²) in [5.74, 6) is 0. The fourth-order valence-corrected chi connectivity index (χ4v) is 1.72. The minimum atomic E-state index is -0.862. The van der Waals surface area contributed by atoms with Crippen molar-refractivity contribution in [3.63, 3.8) is 0 Å². The first-order chi connectivity index (χ1) is 5.06. The predicted molar refractivity (Wildman–Crippen MR) is 48.8 cm³/mol. The second-order valence-electron chi connectivity index (χ2n) is 2.76. The van der Waals surface area contributed by atoms with Crippen LogP contribution in [-0.4, -0.2) is 5.11 Å². The lowest BCUT2D eigenvalue weighted by atomic mass is 10.1. The molecule has 60 valence electrons. The Balaban J connectivity index is 3.01. The molecule has 1 aromatic heterocycles. The minimum absolute atomic E-state index is 0.862. The predicted octanol–water partition coefficient (Wildman–Crippen LogP) is 2.45. The second-order valence-corrected chi connectivity index (χ2v) is 4.05. The van der Waals surface area contributed by atoms with Gasteiger partial charge in [0.15, 0.2) is 0 Å². The van der Waals surface area contributed by atoms with E-state index in [9.17, 15) is 5.11 Å². The number of rotatable bonds is 2. The molecular weight excluding hydrogens is 156 g/mol. The summed E-state index contributed by atoms with van der Waals surface area (Å²) in [5, 5.41) is 9.70. The summed E-state index contributed by atoms with van der Waals surface area (Å²) in [6, 6.07) is 3.93. The largest absolute Gasteiger partial charge is 0.380 e. The van der Waals surface area contributed by atoms with Crippen LogP contribution in [0.2, 0.25) is 0 Å². The lowest BCUT2D eigenvalue weighted by Gasteiger charge is -2.15. The quantitative estimate of drug-likeness (QED) is 0.672. The van der Waals surface area contributed by atoms with Crippen molar-refractivity contribution >= 4 is 11.3 Å². The monoisotopic (exact) mass is 168 g/mol. The average Bonchev–Trinajstić information content (AvgIpc) is 2.36. The first kappa shape index (κ1) is 8.50. The van der Waals surface area contributed by atoms with Crippen LogP contribution >= 0.6 is 11.3 Å². The van der Waals surface area contributed by atoms with Crippen LogP contribution in [-0.2, 0) is 5.60 Å². The van der Waals surface area contributed by atoms with Crippen molar-refractivity contribution in [2.75, 3.05) is 0 Å². The summed E-state index contributed by atoms with van der Waals surface area (Å²) >= 11 is 1.60. The molecule has 0 bridgehead atoms. The van der Waals surface area contributed by atoms with E-state index in [1.54, 1.807) is 24.3 Å². The molecule has 0 aliphatic heterocycles. The highest BCUT2D eigenvalue weighted by atomic mass is 32.1. The van der Waals surface area contributed by atoms with Gasteiger partial charge in [-0.25, -0.2) is 0 Å². The van der Waals surface area contributed by atoms with Crippen LogP contribution in [0.1, 0.15) is 16.7 Å². The van der Waals surface area contributed by atoms with Crippen LogP contribution in [0.3, 0.4) is 0 Å². The van der Waals surface area contributed by atoms with Crippen molar-refractivity contribution in [3.05, 3.63) is 34.5 Å². The Hall–Kier alpha value is -0.600. The molecule has 0 spiro atoms. The summed E-state index contributed by atoms with van der Waals surface area (Å²) in [6.45, 7) is 7.34. The van der Waals surface area contributed by atoms with Gasteiger partial charge in [0.1, 0.15) is 5.60 Å². The third-order valence-electron chi connectivity index (χ3n) is 1.64. The standard InChI is InChI=1S/C9H12OS/c1-4-9(3,10)8-6-5-7(2)11-8/h4-6,10H,1H2,2-3H3. The fraction of sp³-hybridized carbons (Fsp3) is 0.333. The highest BCUT2D eigenvalue weighted by Gasteiger charge is 2.19. The van der Waals surface area contributed by atoms with Gasteiger partial charge in [0.05, 0.1) is 0 Å². The first-order valence-corrected chi connectivity index (χ1v) is 4.31. The van der Waals surface area contributed by atoms with Crippen LogP contribution in [0, 0.1) is 6.92 Å². The molecule has 1 atom stereocenters. The molecule has 0 amide bonds. The van der Waals surface area contributed by atoms with Gasteiger partial charge >= 0.3 is 0 Å². The SMILES string of the molecule is C=CC(C)(O)c1ccc(C)s1. The van der Waals surface area contributed by atoms with Crippen LogP contribution in [0.15, 0.2) is 24.8 Å². The summed E-state index contributed by atoms with van der Waals surface area (Å²) in [4.78, 5) is 2.16. The molecule has 1 heterocycles. The zero-order valence-electron chi connectivity index (χ0n) is 6.79. The van der Waals surface area contributed by atoms with Gasteiger partial charge in [-0.05, 0) is 26.0 Å². The van der Waals surface area contributed by atoms with Crippen LogP contribution in [0.5, 0.6) is 0 Å². The van der Waals surface area contributed by atoms with Crippen molar-refractivity contribution in [2.45, 2.75) is 19.4 Å². The van der Waals surface area contributed by atoms with E-state index in [2.05, 4.69) is 6.58 Å². The molecule has 0 aliphatic rings. The molecule has 1 nitrogen and oxygen atoms in total. The van der Waals surface area contributed by atoms with Gasteiger partial charge in [-0.3, -0.25) is 0 Å². The topological polar surface area (TPSA) is 20.2 Å². The molecule has 0 radical (unpaired) electrons. The Kier molecular flexibility index (Phi) is 2.16. The van der Waals surface area contributed by atoms with E-state index in [4.69, 9.17) is 0 Å². The molecule has 11 heavy (non-hydrogen) atoms. The fourth-order valence-electron chi connectivity index (χ4n) is 0.807. The number of thiophene rings is 1. The number of aryl methyl sites for hydroxylation is 1. The normalized spacial score (nSPS) is 15.9. The van der Waals surface area contributed by atoms with Crippen LogP contribution in [0.4, 0.5) is 0 Å². The van der Waals surface area contributed by atoms with E-state index in [0.717, 1.165) is 4.88 Å². The summed E-state index contributed by atoms with van der Waals surface area (Å²) in [5.41, 5.74) is -0.862. The molecule has 2 heteroatoms. The maximum absolute atomic E-state index is 9.70. The Morgan fingerprint density at radius 1 is 1.64 bits per heavy atom. The van der Waals surface area contributed by atoms with Gasteiger partial charge < -0.3 is 5.11 Å². The second kappa shape index (κ2) is 2.80. The third-order valence-corrected chi connectivity index (χ3v) is 2.86. The van der Waals surface area contributed by atoms with E-state index >= 15 is 0 Å². The Labute approximate surface area is 71.0 Å². The number of hydrogen-bond acceptors (Lipinski definition) is 2. The summed E-state index contributed by atoms with van der Waals surface area (Å²) in [6.07, 6.45) is 1.55. The Morgan fingerprint density at radius 3 is 2.64 bits per heavy atom. The summed E-state index contributed by atoms with van der Waals surface area (Å²) in [7, 11) is 0. The molecule has 1 rings (SSSR count). The van der Waals surface area contributed by atoms with Crippen molar-refractivity contribution in [3.8, 4) is 0 Å². The molecule has 1 aromatic rings. The number of aliphatic hydroxyl groups is 1. The Bertz CT molecular complexity index is 260. The smallest absolute Gasteiger partial charge is 0.114 e. The zero-order valence-corrected chi connectivity index (χ0v) is 7.61. The van der Waals surface area contributed by atoms with Crippen LogP contribution < -0.4 is 0 Å². The van der Waals surface area contributed by atoms with E-state index in [-0.39, 0.29) is 0 Å². The van der Waals surface area contributed by atoms with E-state index in [1.165, 1.54) is 4.88 Å². The van der Waals surface area contributed by atoms with E-state index in [1.807, 2.05) is 19.1 Å². The molecular formula is C9H12OS. The summed E-state index contributed by atoms with van der Waals surface area (Å²) < 4.78 is 0. The lowest BCUT2D eigenvalue weighted by molar-refractivity contribution is 0.115. The molecule has 0 aliphatic carbocycles. The van der Waals surface area contributed by atoms with Gasteiger partial charge in [0, 0.05) is 9.75 Å². The average molecular weight is 168 g/mol. The molecule has 0 saturated heterocycles. The maximum Gasteiger partial charge on any atom is 0.114 e. The van der Waals surface area contributed by atoms with Crippen molar-refractivity contribution in [2.24, 2.45) is 0 Å². The van der Waals surface area contributed by atoms with Gasteiger partial charge in [-0.1, -0.05) is 12.7 Å². The molecule has 1 N–H and O–H groups in total. The Morgan fingerprint density at radius 2 is 2.27 bits per heavy atom. The van der Waals surface area contributed by atoms with Crippen molar-refractivity contribution < 1.29 is 5.11 Å². The van der Waals surface area contributed by atoms with Gasteiger partial charge in [0.25, 0.3) is 0 Å². The number of hydrogen-bond donors (Lipinski definition) is 1. The van der Waals surface area contributed by atoms with E-state index < -0.39 is 5.60 Å². The first-order valence-electron chi connectivity index (χ1n) is 3.49. The zero-order chi connectivity index (χ0) is 8.48. The third kappa shape index (κ3) is 1.70. The van der Waals surface area contributed by atoms with Crippen molar-refractivity contribution in [1.82, 2.24) is 0 Å². The minimum Gasteiger partial charge on any atom is -0.380 e. The lowest BCUT2D eigenvalue weighted by Crippen LogP contribution is -2.14. The van der Waals surface area contributed by atoms with Gasteiger partial charge in [-0.15, -0.1) is 11.3 Å². The molecule has 0 saturated carbocycles. The van der Waals surface area contributed by atoms with Crippen molar-refractivity contribution in [1.29, 1.82) is 0 Å². The molecule has 0 fully saturated rings. The van der Waals surface area contributed by atoms with Gasteiger partial charge in [-0.2, -0.15) is 0 Å². The van der Waals surface area contributed by atoms with E-state index in [0.29, 0.717) is 0 Å². The highest BCUT2D eigenvalue weighted by Crippen LogP contribution is 2.28. The maximum atomic E-state index is 9.70. The highest BCUT2D eigenvalue weighted by molar-refractivity contribution is 7.12. The molecule has 0 aromatic carbocycles. The molecule has 1 unspecified atom stereocenters. The van der Waals surface area contributed by atoms with Gasteiger partial charge in [0.2, 0.25) is 0 Å².